The Kier molecular flexibility index (Phi) is 4.25. The number of nitrogens with zero attached hydrogens (tertiary/aromatic N) is 2. The van der Waals surface area contributed by atoms with Crippen molar-refractivity contribution in [2.24, 2.45) is 0 Å². The van der Waals surface area contributed by atoms with Gasteiger partial charge in [-0.3, -0.25) is 0 Å². The molecule has 4 heteroatoms. The number of fused-ring (bicyclic) bond motifs is 1. The van der Waals surface area contributed by atoms with Crippen LogP contribution in [-0.4, -0.2) is 16.7 Å². The lowest BCUT2D eigenvalue weighted by Gasteiger charge is -2.09. The summed E-state index contributed by atoms with van der Waals surface area (Å²) < 4.78 is 13.2. The summed E-state index contributed by atoms with van der Waals surface area (Å²) in [5, 5.41) is 0. The van der Waals surface area contributed by atoms with Gasteiger partial charge in [-0.1, -0.05) is 30.3 Å². The summed E-state index contributed by atoms with van der Waals surface area (Å²) in [6.07, 6.45) is 3.74. The van der Waals surface area contributed by atoms with Gasteiger partial charge in [-0.25, -0.2) is 4.98 Å². The van der Waals surface area contributed by atoms with Gasteiger partial charge in [0.1, 0.15) is 5.75 Å². The molecule has 126 valence electrons. The fraction of sp³-hybridized carbons (Fsp3) is 0.190. The van der Waals surface area contributed by atoms with Crippen LogP contribution < -0.4 is 4.74 Å². The van der Waals surface area contributed by atoms with Gasteiger partial charge in [0.15, 0.2) is 11.6 Å². The predicted molar refractivity (Wildman–Crippen MR) is 98.8 cm³/mol. The minimum absolute atomic E-state index is 0.787. The fourth-order valence-electron chi connectivity index (χ4n) is 3.14. The van der Waals surface area contributed by atoms with Crippen LogP contribution in [0.1, 0.15) is 12.0 Å². The van der Waals surface area contributed by atoms with Crippen LogP contribution in [-0.2, 0) is 13.0 Å². The van der Waals surface area contributed by atoms with E-state index < -0.39 is 0 Å². The third-order valence-electron chi connectivity index (χ3n) is 4.39. The van der Waals surface area contributed by atoms with Gasteiger partial charge < -0.3 is 13.7 Å². The van der Waals surface area contributed by atoms with Gasteiger partial charge in [0.2, 0.25) is 0 Å². The summed E-state index contributed by atoms with van der Waals surface area (Å²) in [7, 11) is 1.69. The fourth-order valence-corrected chi connectivity index (χ4v) is 3.14. The van der Waals surface area contributed by atoms with Gasteiger partial charge in [0.25, 0.3) is 0 Å². The Bertz CT molecular complexity index is 956. The second kappa shape index (κ2) is 6.85. The molecule has 0 saturated heterocycles. The maximum atomic E-state index is 5.60. The topological polar surface area (TPSA) is 40.2 Å². The predicted octanol–water partition coefficient (Wildman–Crippen LogP) is 4.94. The molecule has 4 nitrogen and oxygen atoms in total. The molecule has 0 aliphatic heterocycles. The number of methoxy groups -OCH3 is 1. The van der Waals surface area contributed by atoms with Crippen LogP contribution in [0.4, 0.5) is 0 Å². The number of ether oxygens (including phenoxy) is 1. The summed E-state index contributed by atoms with van der Waals surface area (Å²) in [5.74, 6) is 2.49. The molecule has 0 aliphatic carbocycles. The molecule has 0 aliphatic rings. The first kappa shape index (κ1) is 15.5. The largest absolute Gasteiger partial charge is 0.497 e. The average molecular weight is 332 g/mol. The molecular weight excluding hydrogens is 312 g/mol. The molecule has 0 unspecified atom stereocenters. The molecule has 4 rings (SSSR count). The van der Waals surface area contributed by atoms with Gasteiger partial charge in [-0.05, 0) is 42.7 Å². The van der Waals surface area contributed by atoms with E-state index in [1.807, 2.05) is 36.4 Å². The van der Waals surface area contributed by atoms with Gasteiger partial charge in [0, 0.05) is 12.6 Å². The van der Waals surface area contributed by atoms with E-state index in [9.17, 15) is 0 Å². The van der Waals surface area contributed by atoms with Gasteiger partial charge in [-0.15, -0.1) is 0 Å². The van der Waals surface area contributed by atoms with Gasteiger partial charge >= 0.3 is 0 Å². The molecule has 0 radical (unpaired) electrons. The van der Waals surface area contributed by atoms with Crippen molar-refractivity contribution in [1.82, 2.24) is 9.55 Å². The molecule has 0 atom stereocenters. The lowest BCUT2D eigenvalue weighted by molar-refractivity contribution is 0.415. The van der Waals surface area contributed by atoms with Crippen molar-refractivity contribution in [2.45, 2.75) is 19.4 Å². The SMILES string of the molecule is COc1ccc2nc(-c3ccco3)n(CCCc3ccccc3)c2c1. The van der Waals surface area contributed by atoms with E-state index in [4.69, 9.17) is 14.1 Å². The lowest BCUT2D eigenvalue weighted by atomic mass is 10.1. The van der Waals surface area contributed by atoms with Crippen molar-refractivity contribution in [1.29, 1.82) is 0 Å². The molecule has 0 bridgehead atoms. The van der Waals surface area contributed by atoms with E-state index in [1.165, 1.54) is 5.56 Å². The number of rotatable bonds is 6. The number of aryl methyl sites for hydroxylation is 2. The standard InChI is InChI=1S/C21H20N2O2/c1-24-17-11-12-18-19(15-17)23(21(22-18)20-10-6-14-25-20)13-5-9-16-7-3-2-4-8-16/h2-4,6-8,10-12,14-15H,5,9,13H2,1H3. The van der Waals surface area contributed by atoms with Crippen LogP contribution in [0.2, 0.25) is 0 Å². The number of hydrogen-bond acceptors (Lipinski definition) is 3. The van der Waals surface area contributed by atoms with Gasteiger partial charge in [0.05, 0.1) is 24.4 Å². The molecule has 2 aromatic carbocycles. The molecule has 0 amide bonds. The van der Waals surface area contributed by atoms with Crippen molar-refractivity contribution < 1.29 is 9.15 Å². The third-order valence-corrected chi connectivity index (χ3v) is 4.39. The Morgan fingerprint density at radius 1 is 1.04 bits per heavy atom. The number of aromatic nitrogens is 2. The number of furan rings is 1. The van der Waals surface area contributed by atoms with Crippen molar-refractivity contribution in [3.05, 3.63) is 72.5 Å². The minimum atomic E-state index is 0.787. The maximum Gasteiger partial charge on any atom is 0.177 e. The van der Waals surface area contributed by atoms with Crippen LogP contribution in [0.25, 0.3) is 22.6 Å². The first-order chi connectivity index (χ1) is 12.3. The van der Waals surface area contributed by atoms with Crippen LogP contribution in [0.5, 0.6) is 5.75 Å². The molecule has 25 heavy (non-hydrogen) atoms. The monoisotopic (exact) mass is 332 g/mol. The first-order valence-electron chi connectivity index (χ1n) is 8.47. The maximum absolute atomic E-state index is 5.60. The Balaban J connectivity index is 1.67. The van der Waals surface area contributed by atoms with Crippen molar-refractivity contribution in [3.8, 4) is 17.3 Å². The van der Waals surface area contributed by atoms with E-state index >= 15 is 0 Å². The van der Waals surface area contributed by atoms with Gasteiger partial charge in [-0.2, -0.15) is 0 Å². The van der Waals surface area contributed by atoms with E-state index in [0.29, 0.717) is 0 Å². The zero-order valence-electron chi connectivity index (χ0n) is 14.2. The van der Waals surface area contributed by atoms with E-state index in [0.717, 1.165) is 47.8 Å². The summed E-state index contributed by atoms with van der Waals surface area (Å²) in [5.41, 5.74) is 3.37. The molecule has 0 saturated carbocycles. The molecule has 0 N–H and O–H groups in total. The summed E-state index contributed by atoms with van der Waals surface area (Å²) >= 11 is 0. The zero-order chi connectivity index (χ0) is 17.1. The highest BCUT2D eigenvalue weighted by atomic mass is 16.5. The minimum Gasteiger partial charge on any atom is -0.497 e. The number of hydrogen-bond donors (Lipinski definition) is 0. The third kappa shape index (κ3) is 3.15. The molecule has 0 spiro atoms. The van der Waals surface area contributed by atoms with Crippen LogP contribution in [0.3, 0.4) is 0 Å². The normalized spacial score (nSPS) is 11.1. The van der Waals surface area contributed by atoms with Crippen LogP contribution >= 0.6 is 0 Å². The molecular formula is C21H20N2O2. The average Bonchev–Trinajstić information content (AvgIpc) is 3.30. The highest BCUT2D eigenvalue weighted by Crippen LogP contribution is 2.28. The van der Waals surface area contributed by atoms with E-state index in [-0.39, 0.29) is 0 Å². The van der Waals surface area contributed by atoms with E-state index in [2.05, 4.69) is 28.8 Å². The Morgan fingerprint density at radius 3 is 2.68 bits per heavy atom. The van der Waals surface area contributed by atoms with Crippen LogP contribution in [0.15, 0.2) is 71.3 Å². The van der Waals surface area contributed by atoms with Crippen molar-refractivity contribution in [3.63, 3.8) is 0 Å². The van der Waals surface area contributed by atoms with Crippen molar-refractivity contribution >= 4 is 11.0 Å². The second-order valence-electron chi connectivity index (χ2n) is 6.01. The number of benzene rings is 2. The smallest absolute Gasteiger partial charge is 0.177 e. The molecule has 2 aromatic heterocycles. The van der Waals surface area contributed by atoms with Crippen molar-refractivity contribution in [2.75, 3.05) is 7.11 Å². The summed E-state index contributed by atoms with van der Waals surface area (Å²) in [4.78, 5) is 4.77. The number of imidazole rings is 1. The molecule has 2 heterocycles. The van der Waals surface area contributed by atoms with E-state index in [1.54, 1.807) is 13.4 Å². The highest BCUT2D eigenvalue weighted by molar-refractivity contribution is 5.81. The Morgan fingerprint density at radius 2 is 1.92 bits per heavy atom. The van der Waals surface area contributed by atoms with Crippen LogP contribution in [0, 0.1) is 0 Å². The second-order valence-corrected chi connectivity index (χ2v) is 6.01. The molecule has 0 fully saturated rings. The molecule has 4 aromatic rings. The highest BCUT2D eigenvalue weighted by Gasteiger charge is 2.15. The summed E-state index contributed by atoms with van der Waals surface area (Å²) in [6, 6.07) is 20.4. The lowest BCUT2D eigenvalue weighted by Crippen LogP contribution is -2.02. The zero-order valence-corrected chi connectivity index (χ0v) is 14.2. The summed E-state index contributed by atoms with van der Waals surface area (Å²) in [6.45, 7) is 0.870. The Hall–Kier alpha value is -3.01. The Labute approximate surface area is 146 Å². The first-order valence-corrected chi connectivity index (χ1v) is 8.47. The quantitative estimate of drug-likeness (QED) is 0.502.